The highest BCUT2D eigenvalue weighted by Crippen LogP contribution is 2.26. The van der Waals surface area contributed by atoms with Crippen LogP contribution < -0.4 is 9.64 Å². The summed E-state index contributed by atoms with van der Waals surface area (Å²) in [7, 11) is -3.22. The Hall–Kier alpha value is -1.82. The SMILES string of the molecule is CCOc1ccc(N(C(=O)C(C)C)[C@@H]2C=CS(=O)(=O)C2)cc1. The Morgan fingerprint density at radius 3 is 2.41 bits per heavy atom. The quantitative estimate of drug-likeness (QED) is 0.834. The van der Waals surface area contributed by atoms with E-state index in [1.54, 1.807) is 49.1 Å². The van der Waals surface area contributed by atoms with E-state index in [0.717, 1.165) is 5.75 Å². The zero-order valence-electron chi connectivity index (χ0n) is 13.0. The van der Waals surface area contributed by atoms with Crippen molar-refractivity contribution in [3.05, 3.63) is 35.7 Å². The molecule has 0 N–H and O–H groups in total. The fraction of sp³-hybridized carbons (Fsp3) is 0.438. The molecule has 0 saturated carbocycles. The van der Waals surface area contributed by atoms with Crippen LogP contribution >= 0.6 is 0 Å². The van der Waals surface area contributed by atoms with Gasteiger partial charge in [0.15, 0.2) is 9.84 Å². The third-order valence-corrected chi connectivity index (χ3v) is 4.78. The average molecular weight is 323 g/mol. The molecule has 1 atom stereocenters. The Morgan fingerprint density at radius 1 is 1.32 bits per heavy atom. The summed E-state index contributed by atoms with van der Waals surface area (Å²) in [6.07, 6.45) is 1.58. The number of anilines is 1. The predicted molar refractivity (Wildman–Crippen MR) is 86.6 cm³/mol. The molecule has 0 bridgehead atoms. The summed E-state index contributed by atoms with van der Waals surface area (Å²) in [4.78, 5) is 14.1. The molecule has 22 heavy (non-hydrogen) atoms. The minimum Gasteiger partial charge on any atom is -0.494 e. The van der Waals surface area contributed by atoms with Gasteiger partial charge in [-0.05, 0) is 37.3 Å². The van der Waals surface area contributed by atoms with Crippen LogP contribution in [-0.2, 0) is 14.6 Å². The van der Waals surface area contributed by atoms with E-state index in [4.69, 9.17) is 4.74 Å². The molecule has 1 aromatic carbocycles. The predicted octanol–water partition coefficient (Wildman–Crippen LogP) is 2.39. The Balaban J connectivity index is 2.33. The van der Waals surface area contributed by atoms with Gasteiger partial charge in [0.1, 0.15) is 5.75 Å². The van der Waals surface area contributed by atoms with E-state index in [9.17, 15) is 13.2 Å². The molecule has 0 saturated heterocycles. The van der Waals surface area contributed by atoms with Crippen molar-refractivity contribution in [2.45, 2.75) is 26.8 Å². The first-order valence-electron chi connectivity index (χ1n) is 7.31. The third-order valence-electron chi connectivity index (χ3n) is 3.40. The molecule has 1 aromatic rings. The number of carbonyl (C=O) groups excluding carboxylic acids is 1. The first kappa shape index (κ1) is 16.5. The molecule has 0 spiro atoms. The van der Waals surface area contributed by atoms with Gasteiger partial charge in [0.2, 0.25) is 5.91 Å². The van der Waals surface area contributed by atoms with Gasteiger partial charge in [-0.15, -0.1) is 0 Å². The lowest BCUT2D eigenvalue weighted by Crippen LogP contribution is -2.43. The van der Waals surface area contributed by atoms with Crippen LogP contribution in [0.5, 0.6) is 5.75 Å². The number of nitrogens with zero attached hydrogens (tertiary/aromatic N) is 1. The highest BCUT2D eigenvalue weighted by atomic mass is 32.2. The second kappa shape index (κ2) is 6.52. The lowest BCUT2D eigenvalue weighted by molar-refractivity contribution is -0.121. The molecular formula is C16H21NO4S. The summed E-state index contributed by atoms with van der Waals surface area (Å²) in [5, 5.41) is 1.19. The molecule has 0 fully saturated rings. The minimum absolute atomic E-state index is 0.0708. The maximum Gasteiger partial charge on any atom is 0.230 e. The van der Waals surface area contributed by atoms with Crippen LogP contribution in [0.3, 0.4) is 0 Å². The molecule has 1 aliphatic heterocycles. The molecule has 1 aliphatic rings. The fourth-order valence-corrected chi connectivity index (χ4v) is 3.62. The van der Waals surface area contributed by atoms with Gasteiger partial charge in [0.25, 0.3) is 0 Å². The van der Waals surface area contributed by atoms with Gasteiger partial charge in [-0.1, -0.05) is 13.8 Å². The molecule has 5 nitrogen and oxygen atoms in total. The molecule has 2 rings (SSSR count). The van der Waals surface area contributed by atoms with E-state index >= 15 is 0 Å². The summed E-state index contributed by atoms with van der Waals surface area (Å²) < 4.78 is 28.7. The van der Waals surface area contributed by atoms with Gasteiger partial charge in [-0.3, -0.25) is 4.79 Å². The first-order chi connectivity index (χ1) is 10.3. The average Bonchev–Trinajstić information content (AvgIpc) is 2.81. The molecule has 120 valence electrons. The Labute approximate surface area is 131 Å². The Bertz CT molecular complexity index is 662. The molecular weight excluding hydrogens is 302 g/mol. The van der Waals surface area contributed by atoms with Gasteiger partial charge < -0.3 is 9.64 Å². The third kappa shape index (κ3) is 3.68. The molecule has 1 amide bonds. The lowest BCUT2D eigenvalue weighted by atomic mass is 10.1. The van der Waals surface area contributed by atoms with Crippen LogP contribution in [0.2, 0.25) is 0 Å². The molecule has 0 aromatic heterocycles. The van der Waals surface area contributed by atoms with E-state index in [-0.39, 0.29) is 17.6 Å². The standard InChI is InChI=1S/C16H21NO4S/c1-4-21-15-7-5-13(6-8-15)17(16(18)12(2)3)14-9-10-22(19,20)11-14/h5-10,12,14H,4,11H2,1-3H3/t14-/m1/s1. The van der Waals surface area contributed by atoms with Crippen LogP contribution in [-0.4, -0.2) is 32.7 Å². The van der Waals surface area contributed by atoms with Crippen molar-refractivity contribution in [3.8, 4) is 5.75 Å². The van der Waals surface area contributed by atoms with Crippen molar-refractivity contribution in [1.82, 2.24) is 0 Å². The number of sulfone groups is 1. The summed E-state index contributed by atoms with van der Waals surface area (Å²) in [6, 6.07) is 6.67. The van der Waals surface area contributed by atoms with Gasteiger partial charge in [-0.2, -0.15) is 0 Å². The Kier molecular flexibility index (Phi) is 4.90. The lowest BCUT2D eigenvalue weighted by Gasteiger charge is -2.29. The zero-order valence-corrected chi connectivity index (χ0v) is 13.8. The second-order valence-electron chi connectivity index (χ2n) is 5.52. The van der Waals surface area contributed by atoms with E-state index in [1.165, 1.54) is 5.41 Å². The largest absolute Gasteiger partial charge is 0.494 e. The first-order valence-corrected chi connectivity index (χ1v) is 9.02. The fourth-order valence-electron chi connectivity index (χ4n) is 2.35. The highest BCUT2D eigenvalue weighted by molar-refractivity contribution is 7.94. The van der Waals surface area contributed by atoms with Crippen LogP contribution in [0.4, 0.5) is 5.69 Å². The van der Waals surface area contributed by atoms with Crippen molar-refractivity contribution < 1.29 is 17.9 Å². The smallest absolute Gasteiger partial charge is 0.230 e. The van der Waals surface area contributed by atoms with Gasteiger partial charge in [0.05, 0.1) is 18.4 Å². The van der Waals surface area contributed by atoms with Crippen molar-refractivity contribution in [2.75, 3.05) is 17.3 Å². The van der Waals surface area contributed by atoms with Crippen LogP contribution in [0.15, 0.2) is 35.7 Å². The number of hydrogen-bond acceptors (Lipinski definition) is 4. The normalized spacial score (nSPS) is 19.4. The Morgan fingerprint density at radius 2 is 1.95 bits per heavy atom. The summed E-state index contributed by atoms with van der Waals surface area (Å²) in [5.74, 6) is 0.329. The van der Waals surface area contributed by atoms with Crippen molar-refractivity contribution >= 4 is 21.4 Å². The van der Waals surface area contributed by atoms with Crippen molar-refractivity contribution in [3.63, 3.8) is 0 Å². The minimum atomic E-state index is -3.22. The van der Waals surface area contributed by atoms with E-state index in [0.29, 0.717) is 12.3 Å². The number of benzene rings is 1. The monoisotopic (exact) mass is 323 g/mol. The van der Waals surface area contributed by atoms with Crippen LogP contribution in [0.1, 0.15) is 20.8 Å². The number of ether oxygens (including phenoxy) is 1. The molecule has 0 unspecified atom stereocenters. The van der Waals surface area contributed by atoms with E-state index in [1.807, 2.05) is 6.92 Å². The summed E-state index contributed by atoms with van der Waals surface area (Å²) in [6.45, 7) is 6.07. The molecule has 6 heteroatoms. The molecule has 0 aliphatic carbocycles. The summed E-state index contributed by atoms with van der Waals surface area (Å²) >= 11 is 0. The van der Waals surface area contributed by atoms with E-state index < -0.39 is 15.9 Å². The topological polar surface area (TPSA) is 63.7 Å². The zero-order chi connectivity index (χ0) is 16.3. The maximum atomic E-state index is 12.5. The second-order valence-corrected chi connectivity index (χ2v) is 7.45. The highest BCUT2D eigenvalue weighted by Gasteiger charge is 2.32. The van der Waals surface area contributed by atoms with Crippen LogP contribution in [0, 0.1) is 5.92 Å². The van der Waals surface area contributed by atoms with Crippen molar-refractivity contribution in [1.29, 1.82) is 0 Å². The number of rotatable bonds is 5. The van der Waals surface area contributed by atoms with Gasteiger partial charge >= 0.3 is 0 Å². The van der Waals surface area contributed by atoms with Gasteiger partial charge in [-0.25, -0.2) is 8.42 Å². The number of hydrogen-bond donors (Lipinski definition) is 0. The van der Waals surface area contributed by atoms with Gasteiger partial charge in [0, 0.05) is 17.0 Å². The molecule has 0 radical (unpaired) electrons. The summed E-state index contributed by atoms with van der Waals surface area (Å²) in [5.41, 5.74) is 0.675. The number of carbonyl (C=O) groups is 1. The molecule has 1 heterocycles. The number of amides is 1. The maximum absolute atomic E-state index is 12.5. The van der Waals surface area contributed by atoms with Crippen LogP contribution in [0.25, 0.3) is 0 Å². The van der Waals surface area contributed by atoms with E-state index in [2.05, 4.69) is 0 Å². The van der Waals surface area contributed by atoms with Crippen molar-refractivity contribution in [2.24, 2.45) is 5.92 Å².